The number of rotatable bonds is 2. The lowest BCUT2D eigenvalue weighted by atomic mass is 10.00. The maximum atomic E-state index is 13.2. The van der Waals surface area contributed by atoms with Crippen LogP contribution < -0.4 is 11.2 Å². The molecular weight excluding hydrogens is 253 g/mol. The van der Waals surface area contributed by atoms with Gasteiger partial charge in [0.1, 0.15) is 5.82 Å². The molecule has 2 atom stereocenters. The van der Waals surface area contributed by atoms with Gasteiger partial charge >= 0.3 is 0 Å². The van der Waals surface area contributed by atoms with Crippen molar-refractivity contribution in [3.8, 4) is 0 Å². The number of hydrogen-bond donors (Lipinski definition) is 2. The first kappa shape index (κ1) is 13.4. The van der Waals surface area contributed by atoms with E-state index in [9.17, 15) is 4.39 Å². The van der Waals surface area contributed by atoms with Gasteiger partial charge in [0.2, 0.25) is 0 Å². The Kier molecular flexibility index (Phi) is 3.97. The van der Waals surface area contributed by atoms with Crippen LogP contribution in [0.1, 0.15) is 33.1 Å². The van der Waals surface area contributed by atoms with Crippen LogP contribution >= 0.6 is 11.6 Å². The lowest BCUT2D eigenvalue weighted by Gasteiger charge is -2.39. The molecule has 100 valence electrons. The molecule has 2 rings (SSSR count). The fraction of sp³-hybridized carbons (Fsp3) is 0.538. The Morgan fingerprint density at radius 3 is 2.56 bits per heavy atom. The van der Waals surface area contributed by atoms with E-state index >= 15 is 0 Å². The fourth-order valence-corrected chi connectivity index (χ4v) is 2.60. The average molecular weight is 272 g/mol. The van der Waals surface area contributed by atoms with Crippen LogP contribution in [0.15, 0.2) is 12.1 Å². The summed E-state index contributed by atoms with van der Waals surface area (Å²) in [4.78, 5) is 0. The lowest BCUT2D eigenvalue weighted by Crippen LogP contribution is -2.47. The first-order valence-electron chi connectivity index (χ1n) is 6.28. The minimum Gasteiger partial charge on any atom is -0.397 e. The summed E-state index contributed by atoms with van der Waals surface area (Å²) in [5.41, 5.74) is 10.1. The topological polar surface area (TPSA) is 41.3 Å². The van der Waals surface area contributed by atoms with E-state index in [0.29, 0.717) is 23.5 Å². The molecule has 1 aromatic rings. The third-order valence-electron chi connectivity index (χ3n) is 3.54. The molecule has 1 aliphatic rings. The molecular formula is C13H19ClFN3. The lowest BCUT2D eigenvalue weighted by molar-refractivity contribution is 0.136. The Balaban J connectivity index is 2.20. The average Bonchev–Trinajstić information content (AvgIpc) is 2.30. The normalized spacial score (nSPS) is 25.1. The molecule has 1 fully saturated rings. The highest BCUT2D eigenvalue weighted by atomic mass is 35.5. The molecule has 0 radical (unpaired) electrons. The maximum absolute atomic E-state index is 13.2. The quantitative estimate of drug-likeness (QED) is 0.807. The molecule has 18 heavy (non-hydrogen) atoms. The summed E-state index contributed by atoms with van der Waals surface area (Å²) in [5.74, 6) is -0.487. The molecule has 3 N–H and O–H groups in total. The summed E-state index contributed by atoms with van der Waals surface area (Å²) in [6, 6.07) is 3.65. The number of benzene rings is 1. The summed E-state index contributed by atoms with van der Waals surface area (Å²) in [6.07, 6.45) is 3.53. The summed E-state index contributed by atoms with van der Waals surface area (Å²) in [7, 11) is 0. The van der Waals surface area contributed by atoms with Gasteiger partial charge in [-0.15, -0.1) is 0 Å². The maximum Gasteiger partial charge on any atom is 0.143 e. The number of hydrazine groups is 1. The van der Waals surface area contributed by atoms with Crippen molar-refractivity contribution in [3.05, 3.63) is 23.0 Å². The second-order valence-corrected chi connectivity index (χ2v) is 5.41. The van der Waals surface area contributed by atoms with E-state index in [-0.39, 0.29) is 5.02 Å². The molecule has 1 aromatic carbocycles. The van der Waals surface area contributed by atoms with E-state index in [4.69, 9.17) is 17.3 Å². The fourth-order valence-electron chi connectivity index (χ4n) is 2.44. The Labute approximate surface area is 112 Å². The zero-order valence-electron chi connectivity index (χ0n) is 10.7. The molecule has 1 aliphatic heterocycles. The molecule has 0 amide bonds. The van der Waals surface area contributed by atoms with Crippen LogP contribution in [0, 0.1) is 5.82 Å². The van der Waals surface area contributed by atoms with Crippen molar-refractivity contribution in [2.75, 3.05) is 11.2 Å². The molecule has 0 spiro atoms. The molecule has 1 saturated heterocycles. The van der Waals surface area contributed by atoms with Gasteiger partial charge in [-0.25, -0.2) is 9.40 Å². The standard InChI is InChI=1S/C13H19ClFN3/c1-8-4-3-5-9(2)18(8)17-13-6-10(14)11(15)7-12(13)16/h6-9,17H,3-5,16H2,1-2H3. The molecule has 3 nitrogen and oxygen atoms in total. The van der Waals surface area contributed by atoms with Gasteiger partial charge in [0.15, 0.2) is 0 Å². The number of nitrogens with two attached hydrogens (primary N) is 1. The molecule has 0 saturated carbocycles. The molecule has 0 aliphatic carbocycles. The zero-order chi connectivity index (χ0) is 13.3. The Bertz CT molecular complexity index is 428. The van der Waals surface area contributed by atoms with E-state index in [1.165, 1.54) is 12.5 Å². The molecule has 0 aromatic heterocycles. The van der Waals surface area contributed by atoms with Crippen molar-refractivity contribution in [2.24, 2.45) is 0 Å². The smallest absolute Gasteiger partial charge is 0.143 e. The second kappa shape index (κ2) is 5.33. The van der Waals surface area contributed by atoms with E-state index < -0.39 is 5.82 Å². The summed E-state index contributed by atoms with van der Waals surface area (Å²) in [6.45, 7) is 4.34. The van der Waals surface area contributed by atoms with Crippen LogP contribution in [-0.4, -0.2) is 17.1 Å². The van der Waals surface area contributed by atoms with Crippen molar-refractivity contribution < 1.29 is 4.39 Å². The van der Waals surface area contributed by atoms with E-state index in [0.717, 1.165) is 12.8 Å². The molecule has 2 unspecified atom stereocenters. The van der Waals surface area contributed by atoms with Crippen molar-refractivity contribution in [1.29, 1.82) is 0 Å². The van der Waals surface area contributed by atoms with Gasteiger partial charge in [-0.2, -0.15) is 0 Å². The van der Waals surface area contributed by atoms with Crippen molar-refractivity contribution in [1.82, 2.24) is 5.01 Å². The van der Waals surface area contributed by atoms with Gasteiger partial charge in [-0.3, -0.25) is 0 Å². The number of hydrogen-bond acceptors (Lipinski definition) is 3. The van der Waals surface area contributed by atoms with Gasteiger partial charge in [-0.05, 0) is 32.8 Å². The number of anilines is 2. The van der Waals surface area contributed by atoms with E-state index in [1.807, 2.05) is 0 Å². The Morgan fingerprint density at radius 2 is 1.94 bits per heavy atom. The number of nitrogen functional groups attached to an aromatic ring is 1. The monoisotopic (exact) mass is 271 g/mol. The van der Waals surface area contributed by atoms with Gasteiger partial charge in [-0.1, -0.05) is 18.0 Å². The Morgan fingerprint density at radius 1 is 1.33 bits per heavy atom. The van der Waals surface area contributed by atoms with Crippen LogP contribution in [0.5, 0.6) is 0 Å². The number of nitrogens with one attached hydrogen (secondary N) is 1. The van der Waals surface area contributed by atoms with Crippen LogP contribution in [0.2, 0.25) is 5.02 Å². The summed E-state index contributed by atoms with van der Waals surface area (Å²) >= 11 is 5.79. The number of piperidine rings is 1. The first-order valence-corrected chi connectivity index (χ1v) is 6.66. The van der Waals surface area contributed by atoms with E-state index in [1.54, 1.807) is 6.07 Å². The largest absolute Gasteiger partial charge is 0.397 e. The minimum atomic E-state index is -0.487. The first-order chi connectivity index (χ1) is 8.49. The van der Waals surface area contributed by atoms with Crippen molar-refractivity contribution in [3.63, 3.8) is 0 Å². The zero-order valence-corrected chi connectivity index (χ0v) is 11.5. The highest BCUT2D eigenvalue weighted by Crippen LogP contribution is 2.29. The summed E-state index contributed by atoms with van der Waals surface area (Å²) in [5, 5.41) is 2.26. The van der Waals surface area contributed by atoms with Crippen molar-refractivity contribution >= 4 is 23.0 Å². The van der Waals surface area contributed by atoms with Gasteiger partial charge in [0.05, 0.1) is 16.4 Å². The highest BCUT2D eigenvalue weighted by Gasteiger charge is 2.25. The van der Waals surface area contributed by atoms with Crippen molar-refractivity contribution in [2.45, 2.75) is 45.2 Å². The molecule has 0 bridgehead atoms. The summed E-state index contributed by atoms with van der Waals surface area (Å²) < 4.78 is 13.2. The number of halogens is 2. The van der Waals surface area contributed by atoms with Crippen LogP contribution in [0.25, 0.3) is 0 Å². The predicted octanol–water partition coefficient (Wildman–Crippen LogP) is 3.65. The van der Waals surface area contributed by atoms with Crippen LogP contribution in [0.4, 0.5) is 15.8 Å². The SMILES string of the molecule is CC1CCCC(C)N1Nc1cc(Cl)c(F)cc1N. The third-order valence-corrected chi connectivity index (χ3v) is 3.83. The second-order valence-electron chi connectivity index (χ2n) is 5.00. The molecule has 1 heterocycles. The highest BCUT2D eigenvalue weighted by molar-refractivity contribution is 6.31. The third kappa shape index (κ3) is 2.70. The Hall–Kier alpha value is -1.00. The minimum absolute atomic E-state index is 0.0871. The molecule has 5 heteroatoms. The van der Waals surface area contributed by atoms with Crippen LogP contribution in [0.3, 0.4) is 0 Å². The van der Waals surface area contributed by atoms with Gasteiger partial charge < -0.3 is 11.2 Å². The van der Waals surface area contributed by atoms with Gasteiger partial charge in [0.25, 0.3) is 0 Å². The number of nitrogens with zero attached hydrogens (tertiary/aromatic N) is 1. The van der Waals surface area contributed by atoms with Crippen LogP contribution in [-0.2, 0) is 0 Å². The van der Waals surface area contributed by atoms with Gasteiger partial charge in [0, 0.05) is 18.2 Å². The van der Waals surface area contributed by atoms with E-state index in [2.05, 4.69) is 24.3 Å². The predicted molar refractivity (Wildman–Crippen MR) is 74.1 cm³/mol.